The van der Waals surface area contributed by atoms with Crippen LogP contribution in [0, 0.1) is 0 Å². The largest absolute Gasteiger partial charge is 0.480 e. The summed E-state index contributed by atoms with van der Waals surface area (Å²) in [6.07, 6.45) is 2.17. The maximum absolute atomic E-state index is 11.5. The lowest BCUT2D eigenvalue weighted by Crippen LogP contribution is -2.48. The molecule has 1 amide bonds. The van der Waals surface area contributed by atoms with Crippen LogP contribution in [-0.4, -0.2) is 63.3 Å². The summed E-state index contributed by atoms with van der Waals surface area (Å²) in [7, 11) is 0. The number of amides is 1. The number of carboxylic acid groups (broad SMARTS) is 1. The second-order valence-corrected chi connectivity index (χ2v) is 5.88. The van der Waals surface area contributed by atoms with Crippen LogP contribution in [0.5, 0.6) is 0 Å². The molecule has 1 fully saturated rings. The number of thiocarbonyl (C=S) groups is 1. The van der Waals surface area contributed by atoms with E-state index in [0.717, 1.165) is 23.7 Å². The summed E-state index contributed by atoms with van der Waals surface area (Å²) >= 11 is 6.81. The number of carbonyl (C=O) groups is 2. The quantitative estimate of drug-likeness (QED) is 0.665. The highest BCUT2D eigenvalue weighted by molar-refractivity contribution is 8.22. The summed E-state index contributed by atoms with van der Waals surface area (Å²) in [5, 5.41) is 10.8. The number of carbonyl (C=O) groups excluding carboxylic acids is 1. The van der Waals surface area contributed by atoms with Crippen LogP contribution in [0.25, 0.3) is 0 Å². The molecule has 6 nitrogen and oxygen atoms in total. The molecule has 0 atom stereocenters. The van der Waals surface area contributed by atoms with Crippen molar-refractivity contribution in [2.24, 2.45) is 0 Å². The van der Waals surface area contributed by atoms with Crippen LogP contribution in [0.15, 0.2) is 0 Å². The molecule has 8 heteroatoms. The number of aliphatic carboxylic acids is 1. The molecule has 0 aromatic carbocycles. The molecular formula is C11H19N3O3S2. The lowest BCUT2D eigenvalue weighted by Gasteiger charge is -2.36. The van der Waals surface area contributed by atoms with Gasteiger partial charge in [0.1, 0.15) is 10.9 Å². The molecule has 0 bridgehead atoms. The van der Waals surface area contributed by atoms with Crippen LogP contribution in [0.2, 0.25) is 0 Å². The van der Waals surface area contributed by atoms with E-state index < -0.39 is 5.97 Å². The van der Waals surface area contributed by atoms with E-state index in [-0.39, 0.29) is 19.0 Å². The van der Waals surface area contributed by atoms with Gasteiger partial charge in [-0.25, -0.2) is 0 Å². The zero-order valence-corrected chi connectivity index (χ0v) is 12.6. The number of thioether (sulfide) groups is 1. The Morgan fingerprint density at radius 2 is 2.26 bits per heavy atom. The molecule has 0 radical (unpaired) electrons. The Hall–Kier alpha value is -0.860. The number of nitrogens with zero attached hydrogens (tertiary/aromatic N) is 2. The van der Waals surface area contributed by atoms with E-state index in [2.05, 4.69) is 17.1 Å². The third-order valence-corrected chi connectivity index (χ3v) is 4.20. The van der Waals surface area contributed by atoms with Gasteiger partial charge in [-0.15, -0.1) is 0 Å². The van der Waals surface area contributed by atoms with Gasteiger partial charge in [-0.3, -0.25) is 14.5 Å². The molecule has 0 spiro atoms. The molecule has 2 N–H and O–H groups in total. The summed E-state index contributed by atoms with van der Waals surface area (Å²) in [6.45, 7) is 3.52. The van der Waals surface area contributed by atoms with Crippen LogP contribution in [0.3, 0.4) is 0 Å². The molecule has 0 unspecified atom stereocenters. The van der Waals surface area contributed by atoms with Gasteiger partial charge in [0.15, 0.2) is 0 Å². The molecule has 0 aromatic heterocycles. The van der Waals surface area contributed by atoms with Crippen molar-refractivity contribution in [3.63, 3.8) is 0 Å². The summed E-state index contributed by atoms with van der Waals surface area (Å²) in [5.74, 6) is -0.638. The molecule has 108 valence electrons. The van der Waals surface area contributed by atoms with Crippen molar-refractivity contribution in [2.75, 3.05) is 32.2 Å². The van der Waals surface area contributed by atoms with E-state index in [1.807, 2.05) is 4.90 Å². The van der Waals surface area contributed by atoms with E-state index in [1.54, 1.807) is 0 Å². The van der Waals surface area contributed by atoms with Gasteiger partial charge in [-0.1, -0.05) is 37.3 Å². The van der Waals surface area contributed by atoms with Crippen molar-refractivity contribution in [1.82, 2.24) is 15.1 Å². The predicted octanol–water partition coefficient (Wildman–Crippen LogP) is 0.538. The SMILES string of the molecule is CCCCN1CN(CC(=O)NCC(=O)O)CSC1=S. The van der Waals surface area contributed by atoms with Gasteiger partial charge in [0.2, 0.25) is 5.91 Å². The van der Waals surface area contributed by atoms with Crippen molar-refractivity contribution in [3.05, 3.63) is 0 Å². The third-order valence-electron chi connectivity index (χ3n) is 2.59. The zero-order chi connectivity index (χ0) is 14.3. The fourth-order valence-corrected chi connectivity index (χ4v) is 2.72. The second-order valence-electron chi connectivity index (χ2n) is 4.30. The Morgan fingerprint density at radius 1 is 1.53 bits per heavy atom. The smallest absolute Gasteiger partial charge is 0.322 e. The fraction of sp³-hybridized carbons (Fsp3) is 0.727. The van der Waals surface area contributed by atoms with Gasteiger partial charge in [0.05, 0.1) is 19.1 Å². The minimum Gasteiger partial charge on any atom is -0.480 e. The molecule has 1 heterocycles. The van der Waals surface area contributed by atoms with E-state index in [4.69, 9.17) is 17.3 Å². The first-order chi connectivity index (χ1) is 9.02. The van der Waals surface area contributed by atoms with Crippen LogP contribution in [0.4, 0.5) is 0 Å². The zero-order valence-electron chi connectivity index (χ0n) is 10.9. The first kappa shape index (κ1) is 16.2. The molecule has 0 aromatic rings. The summed E-state index contributed by atoms with van der Waals surface area (Å²) in [5.41, 5.74) is 0. The topological polar surface area (TPSA) is 72.9 Å². The predicted molar refractivity (Wildman–Crippen MR) is 78.9 cm³/mol. The molecule has 1 saturated heterocycles. The number of carboxylic acids is 1. The van der Waals surface area contributed by atoms with Crippen LogP contribution in [-0.2, 0) is 9.59 Å². The normalized spacial score (nSPS) is 16.5. The average molecular weight is 305 g/mol. The van der Waals surface area contributed by atoms with E-state index >= 15 is 0 Å². The van der Waals surface area contributed by atoms with Gasteiger partial charge >= 0.3 is 5.97 Å². The first-order valence-corrected chi connectivity index (χ1v) is 7.55. The Labute approximate surface area is 122 Å². The molecule has 1 rings (SSSR count). The number of nitrogens with one attached hydrogen (secondary N) is 1. The minimum absolute atomic E-state index is 0.200. The first-order valence-electron chi connectivity index (χ1n) is 6.15. The summed E-state index contributed by atoms with van der Waals surface area (Å²) < 4.78 is 0.871. The van der Waals surface area contributed by atoms with Gasteiger partial charge in [-0.05, 0) is 6.42 Å². The van der Waals surface area contributed by atoms with Gasteiger partial charge in [0.25, 0.3) is 0 Å². The van der Waals surface area contributed by atoms with Crippen molar-refractivity contribution < 1.29 is 14.7 Å². The fourth-order valence-electron chi connectivity index (χ4n) is 1.62. The van der Waals surface area contributed by atoms with Crippen molar-refractivity contribution in [2.45, 2.75) is 19.8 Å². The summed E-state index contributed by atoms with van der Waals surface area (Å²) in [6, 6.07) is 0. The Kier molecular flexibility index (Phi) is 7.11. The average Bonchev–Trinajstić information content (AvgIpc) is 2.37. The Bertz CT molecular complexity index is 352. The monoisotopic (exact) mass is 305 g/mol. The van der Waals surface area contributed by atoms with E-state index in [9.17, 15) is 9.59 Å². The Balaban J connectivity index is 2.36. The van der Waals surface area contributed by atoms with Crippen molar-refractivity contribution >= 4 is 40.2 Å². The standard InChI is InChI=1S/C11H19N3O3S2/c1-2-3-4-14-7-13(8-19-11(14)18)6-9(15)12-5-10(16)17/h2-8H2,1H3,(H,12,15)(H,16,17). The maximum atomic E-state index is 11.5. The lowest BCUT2D eigenvalue weighted by molar-refractivity contribution is -0.138. The van der Waals surface area contributed by atoms with Crippen LogP contribution >= 0.6 is 24.0 Å². The number of unbranched alkanes of at least 4 members (excludes halogenated alkanes) is 1. The van der Waals surface area contributed by atoms with Crippen LogP contribution < -0.4 is 5.32 Å². The number of rotatable bonds is 7. The third kappa shape index (κ3) is 6.22. The molecule has 1 aliphatic rings. The second kappa shape index (κ2) is 8.34. The lowest BCUT2D eigenvalue weighted by atomic mass is 10.3. The maximum Gasteiger partial charge on any atom is 0.322 e. The number of hydrogen-bond donors (Lipinski definition) is 2. The highest BCUT2D eigenvalue weighted by Gasteiger charge is 2.22. The highest BCUT2D eigenvalue weighted by Crippen LogP contribution is 2.18. The van der Waals surface area contributed by atoms with Gasteiger partial charge < -0.3 is 15.3 Å². The number of hydrogen-bond acceptors (Lipinski definition) is 5. The van der Waals surface area contributed by atoms with Crippen molar-refractivity contribution in [3.8, 4) is 0 Å². The summed E-state index contributed by atoms with van der Waals surface area (Å²) in [4.78, 5) is 25.9. The molecular weight excluding hydrogens is 286 g/mol. The molecule has 0 aliphatic carbocycles. The van der Waals surface area contributed by atoms with E-state index in [1.165, 1.54) is 11.8 Å². The van der Waals surface area contributed by atoms with Crippen LogP contribution in [0.1, 0.15) is 19.8 Å². The molecule has 0 saturated carbocycles. The Morgan fingerprint density at radius 3 is 2.89 bits per heavy atom. The minimum atomic E-state index is -1.04. The highest BCUT2D eigenvalue weighted by atomic mass is 32.2. The molecule has 19 heavy (non-hydrogen) atoms. The van der Waals surface area contributed by atoms with Gasteiger partial charge in [0, 0.05) is 6.54 Å². The van der Waals surface area contributed by atoms with Gasteiger partial charge in [-0.2, -0.15) is 0 Å². The molecule has 1 aliphatic heterocycles. The van der Waals surface area contributed by atoms with Crippen molar-refractivity contribution in [1.29, 1.82) is 0 Å². The van der Waals surface area contributed by atoms with E-state index in [0.29, 0.717) is 12.5 Å².